The van der Waals surface area contributed by atoms with Gasteiger partial charge in [-0.05, 0) is 25.8 Å². The fraction of sp³-hybridized carbons (Fsp3) is 1.00. The van der Waals surface area contributed by atoms with Crippen LogP contribution in [-0.4, -0.2) is 50.3 Å². The van der Waals surface area contributed by atoms with Crippen LogP contribution in [0.15, 0.2) is 0 Å². The number of morpholine rings is 1. The van der Waals surface area contributed by atoms with Crippen molar-refractivity contribution in [2.75, 3.05) is 39.4 Å². The molecule has 2 aliphatic rings. The van der Waals surface area contributed by atoms with Gasteiger partial charge < -0.3 is 10.1 Å². The molecule has 0 amide bonds. The van der Waals surface area contributed by atoms with Crippen molar-refractivity contribution in [3.8, 4) is 0 Å². The fourth-order valence-corrected chi connectivity index (χ4v) is 2.28. The van der Waals surface area contributed by atoms with Crippen molar-refractivity contribution in [3.63, 3.8) is 0 Å². The first-order valence-corrected chi connectivity index (χ1v) is 5.40. The van der Waals surface area contributed by atoms with Gasteiger partial charge in [-0.15, -0.1) is 0 Å². The molecule has 1 N–H and O–H groups in total. The van der Waals surface area contributed by atoms with Gasteiger partial charge >= 0.3 is 0 Å². The first-order valence-electron chi connectivity index (χ1n) is 5.40. The smallest absolute Gasteiger partial charge is 0.0594 e. The van der Waals surface area contributed by atoms with E-state index in [-0.39, 0.29) is 0 Å². The standard InChI is InChI=1S/C10H20N2O/c1-9-10(2-3-11-9)8-12-4-6-13-7-5-12/h9-11H,2-8H2,1H3. The van der Waals surface area contributed by atoms with Crippen LogP contribution in [0.3, 0.4) is 0 Å². The first-order chi connectivity index (χ1) is 6.36. The van der Waals surface area contributed by atoms with Gasteiger partial charge in [0.1, 0.15) is 0 Å². The molecule has 0 aromatic rings. The Morgan fingerprint density at radius 1 is 1.38 bits per heavy atom. The van der Waals surface area contributed by atoms with Crippen LogP contribution in [0.2, 0.25) is 0 Å². The maximum atomic E-state index is 5.33. The Hall–Kier alpha value is -0.120. The largest absolute Gasteiger partial charge is 0.379 e. The lowest BCUT2D eigenvalue weighted by molar-refractivity contribution is 0.0301. The predicted octanol–water partition coefficient (Wildman–Crippen LogP) is 0.317. The van der Waals surface area contributed by atoms with E-state index in [4.69, 9.17) is 4.74 Å². The minimum Gasteiger partial charge on any atom is -0.379 e. The van der Waals surface area contributed by atoms with E-state index in [1.54, 1.807) is 0 Å². The normalized spacial score (nSPS) is 36.7. The van der Waals surface area contributed by atoms with Gasteiger partial charge in [-0.3, -0.25) is 4.90 Å². The van der Waals surface area contributed by atoms with Crippen molar-refractivity contribution >= 4 is 0 Å². The summed E-state index contributed by atoms with van der Waals surface area (Å²) in [5.74, 6) is 0.859. The lowest BCUT2D eigenvalue weighted by atomic mass is 10.0. The Bertz CT molecular complexity index is 157. The van der Waals surface area contributed by atoms with E-state index in [2.05, 4.69) is 17.1 Å². The van der Waals surface area contributed by atoms with E-state index in [0.29, 0.717) is 6.04 Å². The van der Waals surface area contributed by atoms with E-state index in [1.807, 2.05) is 0 Å². The summed E-state index contributed by atoms with van der Waals surface area (Å²) in [5, 5.41) is 3.50. The molecule has 2 fully saturated rings. The second-order valence-corrected chi connectivity index (χ2v) is 4.20. The van der Waals surface area contributed by atoms with Gasteiger partial charge in [0.15, 0.2) is 0 Å². The van der Waals surface area contributed by atoms with Crippen molar-refractivity contribution in [2.45, 2.75) is 19.4 Å². The maximum Gasteiger partial charge on any atom is 0.0594 e. The van der Waals surface area contributed by atoms with E-state index >= 15 is 0 Å². The zero-order valence-corrected chi connectivity index (χ0v) is 8.46. The summed E-state index contributed by atoms with van der Waals surface area (Å²) in [4.78, 5) is 2.54. The lowest BCUT2D eigenvalue weighted by Gasteiger charge is -2.30. The van der Waals surface area contributed by atoms with Crippen LogP contribution in [0.25, 0.3) is 0 Å². The predicted molar refractivity (Wildman–Crippen MR) is 52.8 cm³/mol. The number of ether oxygens (including phenoxy) is 1. The Morgan fingerprint density at radius 2 is 2.15 bits per heavy atom. The molecule has 0 aromatic carbocycles. The molecule has 3 nitrogen and oxygen atoms in total. The molecule has 3 heteroatoms. The molecule has 0 aromatic heterocycles. The van der Waals surface area contributed by atoms with Crippen molar-refractivity contribution in [3.05, 3.63) is 0 Å². The molecule has 2 heterocycles. The van der Waals surface area contributed by atoms with Crippen LogP contribution < -0.4 is 5.32 Å². The molecule has 2 aliphatic heterocycles. The molecule has 0 bridgehead atoms. The summed E-state index contributed by atoms with van der Waals surface area (Å²) in [6.45, 7) is 8.88. The molecule has 0 spiro atoms. The molecule has 2 rings (SSSR count). The van der Waals surface area contributed by atoms with Crippen LogP contribution in [0, 0.1) is 5.92 Å². The van der Waals surface area contributed by atoms with Gasteiger partial charge in [-0.1, -0.05) is 0 Å². The molecule has 0 saturated carbocycles. The Kier molecular flexibility index (Phi) is 3.19. The monoisotopic (exact) mass is 184 g/mol. The van der Waals surface area contributed by atoms with Crippen molar-refractivity contribution < 1.29 is 4.74 Å². The Balaban J connectivity index is 1.75. The number of hydrogen-bond donors (Lipinski definition) is 1. The van der Waals surface area contributed by atoms with Gasteiger partial charge in [0, 0.05) is 25.7 Å². The summed E-state index contributed by atoms with van der Waals surface area (Å²) >= 11 is 0. The first kappa shape index (κ1) is 9.44. The average Bonchev–Trinajstić information content (AvgIpc) is 2.54. The molecular formula is C10H20N2O. The van der Waals surface area contributed by atoms with Gasteiger partial charge in [0.2, 0.25) is 0 Å². The molecule has 2 saturated heterocycles. The highest BCUT2D eigenvalue weighted by Gasteiger charge is 2.25. The van der Waals surface area contributed by atoms with E-state index in [9.17, 15) is 0 Å². The highest BCUT2D eigenvalue weighted by Crippen LogP contribution is 2.16. The SMILES string of the molecule is CC1NCCC1CN1CCOCC1. The van der Waals surface area contributed by atoms with Crippen molar-refractivity contribution in [1.82, 2.24) is 10.2 Å². The second-order valence-electron chi connectivity index (χ2n) is 4.20. The molecule has 2 unspecified atom stereocenters. The maximum absolute atomic E-state index is 5.33. The van der Waals surface area contributed by atoms with Gasteiger partial charge in [0.05, 0.1) is 13.2 Å². The van der Waals surface area contributed by atoms with E-state index < -0.39 is 0 Å². The topological polar surface area (TPSA) is 24.5 Å². The van der Waals surface area contributed by atoms with Crippen molar-refractivity contribution in [2.24, 2.45) is 5.92 Å². The fourth-order valence-electron chi connectivity index (χ4n) is 2.28. The second kappa shape index (κ2) is 4.40. The zero-order chi connectivity index (χ0) is 9.10. The third-order valence-electron chi connectivity index (χ3n) is 3.28. The zero-order valence-electron chi connectivity index (χ0n) is 8.46. The molecular weight excluding hydrogens is 164 g/mol. The van der Waals surface area contributed by atoms with Crippen LogP contribution in [0.4, 0.5) is 0 Å². The number of rotatable bonds is 2. The van der Waals surface area contributed by atoms with Crippen LogP contribution >= 0.6 is 0 Å². The average molecular weight is 184 g/mol. The summed E-state index contributed by atoms with van der Waals surface area (Å²) in [5.41, 5.74) is 0. The molecule has 0 aliphatic carbocycles. The van der Waals surface area contributed by atoms with Gasteiger partial charge in [-0.2, -0.15) is 0 Å². The lowest BCUT2D eigenvalue weighted by Crippen LogP contribution is -2.41. The minimum absolute atomic E-state index is 0.711. The van der Waals surface area contributed by atoms with Gasteiger partial charge in [-0.25, -0.2) is 0 Å². The van der Waals surface area contributed by atoms with E-state index in [0.717, 1.165) is 32.2 Å². The molecule has 0 radical (unpaired) electrons. The summed E-state index contributed by atoms with van der Waals surface area (Å²) in [6, 6.07) is 0.711. The number of hydrogen-bond acceptors (Lipinski definition) is 3. The Morgan fingerprint density at radius 3 is 2.77 bits per heavy atom. The third kappa shape index (κ3) is 2.42. The summed E-state index contributed by atoms with van der Waals surface area (Å²) < 4.78 is 5.33. The number of nitrogens with zero attached hydrogens (tertiary/aromatic N) is 1. The van der Waals surface area contributed by atoms with Crippen LogP contribution in [0.5, 0.6) is 0 Å². The highest BCUT2D eigenvalue weighted by molar-refractivity contribution is 4.82. The van der Waals surface area contributed by atoms with E-state index in [1.165, 1.54) is 19.5 Å². The minimum atomic E-state index is 0.711. The molecule has 76 valence electrons. The molecule has 13 heavy (non-hydrogen) atoms. The highest BCUT2D eigenvalue weighted by atomic mass is 16.5. The van der Waals surface area contributed by atoms with Crippen LogP contribution in [-0.2, 0) is 4.74 Å². The van der Waals surface area contributed by atoms with Crippen molar-refractivity contribution in [1.29, 1.82) is 0 Å². The summed E-state index contributed by atoms with van der Waals surface area (Å²) in [7, 11) is 0. The third-order valence-corrected chi connectivity index (χ3v) is 3.28. The number of nitrogens with one attached hydrogen (secondary N) is 1. The Labute approximate surface area is 80.4 Å². The molecule has 2 atom stereocenters. The van der Waals surface area contributed by atoms with Gasteiger partial charge in [0.25, 0.3) is 0 Å². The quantitative estimate of drug-likeness (QED) is 0.669. The van der Waals surface area contributed by atoms with Crippen LogP contribution in [0.1, 0.15) is 13.3 Å². The summed E-state index contributed by atoms with van der Waals surface area (Å²) in [6.07, 6.45) is 1.35.